The van der Waals surface area contributed by atoms with E-state index in [1.54, 1.807) is 0 Å². The van der Waals surface area contributed by atoms with E-state index in [4.69, 9.17) is 9.47 Å². The highest BCUT2D eigenvalue weighted by Crippen LogP contribution is 2.39. The Morgan fingerprint density at radius 3 is 2.73 bits per heavy atom. The number of epoxide rings is 1. The van der Waals surface area contributed by atoms with Crippen LogP contribution < -0.4 is 0 Å². The smallest absolute Gasteiger partial charge is 0.0867 e. The Kier molecular flexibility index (Phi) is 2.14. The average Bonchev–Trinajstić information content (AvgIpc) is 2.61. The maximum absolute atomic E-state index is 5.66. The van der Waals surface area contributed by atoms with E-state index in [1.165, 1.54) is 12.8 Å². The van der Waals surface area contributed by atoms with Gasteiger partial charge in [-0.2, -0.15) is 0 Å². The third-order valence-corrected chi connectivity index (χ3v) is 2.53. The largest absolute Gasteiger partial charge is 0.378 e. The molecular formula is C9H16O2. The van der Waals surface area contributed by atoms with E-state index in [2.05, 4.69) is 6.92 Å². The summed E-state index contributed by atoms with van der Waals surface area (Å²) in [7, 11) is 0. The Hall–Kier alpha value is -0.0800. The summed E-state index contributed by atoms with van der Waals surface area (Å²) in [6.07, 6.45) is 6.39. The predicted octanol–water partition coefficient (Wildman–Crippen LogP) is 1.73. The summed E-state index contributed by atoms with van der Waals surface area (Å²) >= 11 is 0. The summed E-state index contributed by atoms with van der Waals surface area (Å²) in [5.41, 5.74) is 0. The number of ether oxygens (including phenoxy) is 2. The van der Waals surface area contributed by atoms with Crippen molar-refractivity contribution in [3.63, 3.8) is 0 Å². The van der Waals surface area contributed by atoms with Gasteiger partial charge in [0.2, 0.25) is 0 Å². The summed E-state index contributed by atoms with van der Waals surface area (Å²) in [6, 6.07) is 0. The highest BCUT2D eigenvalue weighted by atomic mass is 16.6. The maximum atomic E-state index is 5.66. The minimum absolute atomic E-state index is 0.519. The number of hydrogen-bond acceptors (Lipinski definition) is 2. The molecule has 64 valence electrons. The van der Waals surface area contributed by atoms with Crippen molar-refractivity contribution in [2.75, 3.05) is 6.61 Å². The van der Waals surface area contributed by atoms with Gasteiger partial charge in [-0.1, -0.05) is 13.3 Å². The van der Waals surface area contributed by atoms with Crippen LogP contribution in [0.1, 0.15) is 32.6 Å². The van der Waals surface area contributed by atoms with Crippen molar-refractivity contribution in [2.45, 2.75) is 50.9 Å². The van der Waals surface area contributed by atoms with Crippen molar-refractivity contribution >= 4 is 0 Å². The Balaban J connectivity index is 1.57. The van der Waals surface area contributed by atoms with Crippen LogP contribution in [-0.4, -0.2) is 24.9 Å². The van der Waals surface area contributed by atoms with E-state index in [1.807, 2.05) is 0 Å². The first-order valence-electron chi connectivity index (χ1n) is 4.67. The molecule has 2 atom stereocenters. The first-order valence-corrected chi connectivity index (χ1v) is 4.67. The van der Waals surface area contributed by atoms with Crippen molar-refractivity contribution in [3.05, 3.63) is 0 Å². The molecule has 1 aliphatic carbocycles. The van der Waals surface area contributed by atoms with Gasteiger partial charge in [0, 0.05) is 19.4 Å². The summed E-state index contributed by atoms with van der Waals surface area (Å²) in [5.74, 6) is 0. The summed E-state index contributed by atoms with van der Waals surface area (Å²) in [5, 5.41) is 0. The van der Waals surface area contributed by atoms with Crippen molar-refractivity contribution in [1.29, 1.82) is 0 Å². The molecule has 0 bridgehead atoms. The Bertz CT molecular complexity index is 126. The molecule has 0 spiro atoms. The molecule has 2 aliphatic rings. The third-order valence-electron chi connectivity index (χ3n) is 2.53. The normalized spacial score (nSPS) is 40.6. The minimum Gasteiger partial charge on any atom is -0.378 e. The molecule has 0 N–H and O–H groups in total. The lowest BCUT2D eigenvalue weighted by molar-refractivity contribution is 0.0319. The third kappa shape index (κ3) is 1.74. The maximum Gasteiger partial charge on any atom is 0.0867 e. The van der Waals surface area contributed by atoms with E-state index in [-0.39, 0.29) is 0 Å². The SMILES string of the molecule is CCCCOC1CC2OC2C1. The van der Waals surface area contributed by atoms with Crippen LogP contribution in [0.5, 0.6) is 0 Å². The van der Waals surface area contributed by atoms with Crippen molar-refractivity contribution in [3.8, 4) is 0 Å². The second kappa shape index (κ2) is 3.11. The van der Waals surface area contributed by atoms with E-state index in [0.29, 0.717) is 18.3 Å². The number of hydrogen-bond donors (Lipinski definition) is 0. The molecule has 1 saturated heterocycles. The van der Waals surface area contributed by atoms with Gasteiger partial charge in [0.25, 0.3) is 0 Å². The topological polar surface area (TPSA) is 21.8 Å². The molecule has 0 radical (unpaired) electrons. The molecule has 1 heterocycles. The zero-order valence-electron chi connectivity index (χ0n) is 7.08. The molecule has 0 aromatic rings. The second-order valence-corrected chi connectivity index (χ2v) is 3.53. The van der Waals surface area contributed by atoms with Crippen LogP contribution in [0.2, 0.25) is 0 Å². The molecular weight excluding hydrogens is 140 g/mol. The van der Waals surface area contributed by atoms with Crippen molar-refractivity contribution < 1.29 is 9.47 Å². The van der Waals surface area contributed by atoms with Gasteiger partial charge in [-0.15, -0.1) is 0 Å². The molecule has 2 unspecified atom stereocenters. The van der Waals surface area contributed by atoms with Crippen LogP contribution >= 0.6 is 0 Å². The van der Waals surface area contributed by atoms with Gasteiger partial charge in [-0.3, -0.25) is 0 Å². The first-order chi connectivity index (χ1) is 5.40. The zero-order valence-corrected chi connectivity index (χ0v) is 7.08. The van der Waals surface area contributed by atoms with E-state index >= 15 is 0 Å². The fourth-order valence-corrected chi connectivity index (χ4v) is 1.74. The quantitative estimate of drug-likeness (QED) is 0.456. The second-order valence-electron chi connectivity index (χ2n) is 3.53. The van der Waals surface area contributed by atoms with Gasteiger partial charge in [0.05, 0.1) is 18.3 Å². The fraction of sp³-hybridized carbons (Fsp3) is 1.00. The number of rotatable bonds is 4. The molecule has 2 fully saturated rings. The van der Waals surface area contributed by atoms with Gasteiger partial charge in [0.1, 0.15) is 0 Å². The molecule has 0 amide bonds. The van der Waals surface area contributed by atoms with Crippen LogP contribution in [0.25, 0.3) is 0 Å². The van der Waals surface area contributed by atoms with Gasteiger partial charge in [-0.05, 0) is 6.42 Å². The van der Waals surface area contributed by atoms with Crippen molar-refractivity contribution in [1.82, 2.24) is 0 Å². The van der Waals surface area contributed by atoms with E-state index in [0.717, 1.165) is 19.4 Å². The summed E-state index contributed by atoms with van der Waals surface area (Å²) < 4.78 is 11.0. The standard InChI is InChI=1S/C9H16O2/c1-2-3-4-10-7-5-8-9(6-7)11-8/h7-9H,2-6H2,1H3. The minimum atomic E-state index is 0.519. The fourth-order valence-electron chi connectivity index (χ4n) is 1.74. The highest BCUT2D eigenvalue weighted by molar-refractivity contribution is 4.96. The zero-order chi connectivity index (χ0) is 7.68. The van der Waals surface area contributed by atoms with Crippen LogP contribution in [0.15, 0.2) is 0 Å². The number of unbranched alkanes of at least 4 members (excludes halogenated alkanes) is 1. The van der Waals surface area contributed by atoms with Crippen LogP contribution in [-0.2, 0) is 9.47 Å². The lowest BCUT2D eigenvalue weighted by Gasteiger charge is -2.11. The first kappa shape index (κ1) is 7.56. The van der Waals surface area contributed by atoms with Crippen LogP contribution in [0.3, 0.4) is 0 Å². The van der Waals surface area contributed by atoms with Crippen molar-refractivity contribution in [2.24, 2.45) is 0 Å². The monoisotopic (exact) mass is 156 g/mol. The Labute approximate surface area is 67.9 Å². The molecule has 1 saturated carbocycles. The van der Waals surface area contributed by atoms with Gasteiger partial charge >= 0.3 is 0 Å². The van der Waals surface area contributed by atoms with Gasteiger partial charge in [-0.25, -0.2) is 0 Å². The predicted molar refractivity (Wildman–Crippen MR) is 42.5 cm³/mol. The number of fused-ring (bicyclic) bond motifs is 1. The van der Waals surface area contributed by atoms with Crippen LogP contribution in [0, 0.1) is 0 Å². The van der Waals surface area contributed by atoms with Gasteiger partial charge < -0.3 is 9.47 Å². The van der Waals surface area contributed by atoms with Crippen LogP contribution in [0.4, 0.5) is 0 Å². The molecule has 0 aromatic heterocycles. The Morgan fingerprint density at radius 2 is 2.09 bits per heavy atom. The van der Waals surface area contributed by atoms with E-state index < -0.39 is 0 Å². The average molecular weight is 156 g/mol. The lowest BCUT2D eigenvalue weighted by Crippen LogP contribution is -2.12. The molecule has 11 heavy (non-hydrogen) atoms. The molecule has 1 aliphatic heterocycles. The molecule has 2 nitrogen and oxygen atoms in total. The summed E-state index contributed by atoms with van der Waals surface area (Å²) in [4.78, 5) is 0. The Morgan fingerprint density at radius 1 is 1.36 bits per heavy atom. The molecule has 2 heteroatoms. The molecule has 0 aromatic carbocycles. The molecule has 2 rings (SSSR count). The highest BCUT2D eigenvalue weighted by Gasteiger charge is 2.48. The van der Waals surface area contributed by atoms with Gasteiger partial charge in [0.15, 0.2) is 0 Å². The lowest BCUT2D eigenvalue weighted by atomic mass is 10.3. The van der Waals surface area contributed by atoms with E-state index in [9.17, 15) is 0 Å². The summed E-state index contributed by atoms with van der Waals surface area (Å²) in [6.45, 7) is 3.14.